The number of pyridine rings is 1. The summed E-state index contributed by atoms with van der Waals surface area (Å²) in [7, 11) is 1.24. The van der Waals surface area contributed by atoms with Crippen LogP contribution in [0.15, 0.2) is 12.1 Å². The van der Waals surface area contributed by atoms with Gasteiger partial charge in [-0.25, -0.2) is 9.78 Å². The largest absolute Gasteiger partial charge is 0.464 e. The van der Waals surface area contributed by atoms with Crippen LogP contribution in [-0.2, 0) is 4.74 Å². The topological polar surface area (TPSA) is 94.4 Å². The van der Waals surface area contributed by atoms with Gasteiger partial charge in [-0.15, -0.1) is 0 Å². The molecule has 0 aromatic carbocycles. The third kappa shape index (κ3) is 4.37. The normalized spacial score (nSPS) is 11.8. The van der Waals surface area contributed by atoms with Crippen LogP contribution in [0.2, 0.25) is 0 Å². The van der Waals surface area contributed by atoms with Gasteiger partial charge in [0, 0.05) is 12.1 Å². The minimum atomic E-state index is -0.625. The Balaban J connectivity index is 2.99. The second-order valence-corrected chi connectivity index (χ2v) is 5.13. The van der Waals surface area contributed by atoms with E-state index in [0.29, 0.717) is 0 Å². The number of nitro groups is 1. The van der Waals surface area contributed by atoms with E-state index in [-0.39, 0.29) is 23.2 Å². The average molecular weight is 299 g/mol. The maximum absolute atomic E-state index is 11.4. The number of hydrogen-bond acceptors (Lipinski definition) is 7. The number of nitrogens with one attached hydrogen (secondary N) is 1. The first-order chi connectivity index (χ1) is 9.49. The molecule has 0 saturated heterocycles. The van der Waals surface area contributed by atoms with Gasteiger partial charge in [-0.3, -0.25) is 10.1 Å². The fourth-order valence-corrected chi connectivity index (χ4v) is 2.11. The lowest BCUT2D eigenvalue weighted by molar-refractivity contribution is -0.384. The van der Waals surface area contributed by atoms with Crippen LogP contribution in [0.3, 0.4) is 0 Å². The predicted octanol–water partition coefficient (Wildman–Crippen LogP) is 2.33. The molecule has 0 saturated carbocycles. The molecule has 0 aliphatic carbocycles. The van der Waals surface area contributed by atoms with Crippen LogP contribution in [-0.4, -0.2) is 41.0 Å². The van der Waals surface area contributed by atoms with E-state index in [4.69, 9.17) is 0 Å². The molecule has 1 atom stereocenters. The van der Waals surface area contributed by atoms with Crippen molar-refractivity contribution in [1.29, 1.82) is 0 Å². The highest BCUT2D eigenvalue weighted by molar-refractivity contribution is 7.98. The predicted molar refractivity (Wildman–Crippen MR) is 78.3 cm³/mol. The zero-order chi connectivity index (χ0) is 15.1. The minimum absolute atomic E-state index is 0.0153. The Morgan fingerprint density at radius 1 is 1.60 bits per heavy atom. The van der Waals surface area contributed by atoms with Gasteiger partial charge < -0.3 is 10.1 Å². The third-order valence-electron chi connectivity index (χ3n) is 2.60. The van der Waals surface area contributed by atoms with Crippen molar-refractivity contribution in [2.24, 2.45) is 0 Å². The van der Waals surface area contributed by atoms with Crippen molar-refractivity contribution in [3.05, 3.63) is 27.9 Å². The van der Waals surface area contributed by atoms with E-state index in [2.05, 4.69) is 15.0 Å². The molecule has 0 aliphatic heterocycles. The molecule has 110 valence electrons. The first kappa shape index (κ1) is 16.2. The summed E-state index contributed by atoms with van der Waals surface area (Å²) in [5.41, 5.74) is -0.119. The first-order valence-corrected chi connectivity index (χ1v) is 7.38. The quantitative estimate of drug-likeness (QED) is 0.469. The van der Waals surface area contributed by atoms with Crippen molar-refractivity contribution in [2.75, 3.05) is 24.4 Å². The number of anilines is 1. The Bertz CT molecular complexity index is 496. The van der Waals surface area contributed by atoms with E-state index >= 15 is 0 Å². The Morgan fingerprint density at radius 3 is 2.85 bits per heavy atom. The van der Waals surface area contributed by atoms with Crippen molar-refractivity contribution in [1.82, 2.24) is 4.98 Å². The molecule has 0 bridgehead atoms. The fraction of sp³-hybridized carbons (Fsp3) is 0.500. The summed E-state index contributed by atoms with van der Waals surface area (Å²) < 4.78 is 4.56. The number of thioether (sulfide) groups is 1. The van der Waals surface area contributed by atoms with Gasteiger partial charge in [0.05, 0.1) is 12.0 Å². The number of esters is 1. The van der Waals surface area contributed by atoms with Crippen LogP contribution in [0.1, 0.15) is 23.8 Å². The lowest BCUT2D eigenvalue weighted by atomic mass is 10.2. The minimum Gasteiger partial charge on any atom is -0.464 e. The number of carbonyl (C=O) groups is 1. The lowest BCUT2D eigenvalue weighted by Crippen LogP contribution is -2.19. The first-order valence-electron chi connectivity index (χ1n) is 5.98. The van der Waals surface area contributed by atoms with Gasteiger partial charge in [-0.2, -0.15) is 11.8 Å². The van der Waals surface area contributed by atoms with Crippen molar-refractivity contribution in [3.8, 4) is 0 Å². The van der Waals surface area contributed by atoms with E-state index in [1.165, 1.54) is 19.2 Å². The molecule has 0 amide bonds. The summed E-state index contributed by atoms with van der Waals surface area (Å²) in [4.78, 5) is 25.8. The molecule has 1 aromatic rings. The summed E-state index contributed by atoms with van der Waals surface area (Å²) in [6, 6.07) is 2.55. The second kappa shape index (κ2) is 7.68. The van der Waals surface area contributed by atoms with Crippen molar-refractivity contribution >= 4 is 29.2 Å². The molecule has 1 unspecified atom stereocenters. The Labute approximate surface area is 121 Å². The van der Waals surface area contributed by atoms with Gasteiger partial charge in [0.25, 0.3) is 0 Å². The molecule has 1 heterocycles. The fourth-order valence-electron chi connectivity index (χ4n) is 1.52. The highest BCUT2D eigenvalue weighted by atomic mass is 32.2. The van der Waals surface area contributed by atoms with Crippen LogP contribution >= 0.6 is 11.8 Å². The number of rotatable bonds is 7. The average Bonchev–Trinajstić information content (AvgIpc) is 2.43. The van der Waals surface area contributed by atoms with E-state index in [0.717, 1.165) is 12.2 Å². The van der Waals surface area contributed by atoms with E-state index < -0.39 is 10.9 Å². The van der Waals surface area contributed by atoms with Gasteiger partial charge in [-0.05, 0) is 31.4 Å². The molecule has 0 spiro atoms. The van der Waals surface area contributed by atoms with E-state index in [1.54, 1.807) is 11.8 Å². The Hall–Kier alpha value is -1.83. The number of aromatic nitrogens is 1. The lowest BCUT2D eigenvalue weighted by Gasteiger charge is -2.14. The molecular weight excluding hydrogens is 282 g/mol. The van der Waals surface area contributed by atoms with E-state index in [9.17, 15) is 14.9 Å². The summed E-state index contributed by atoms with van der Waals surface area (Å²) in [6.45, 7) is 1.91. The Kier molecular flexibility index (Phi) is 6.23. The molecule has 8 heteroatoms. The third-order valence-corrected chi connectivity index (χ3v) is 3.25. The molecule has 1 aromatic heterocycles. The maximum atomic E-state index is 11.4. The molecular formula is C12H17N3O4S. The highest BCUT2D eigenvalue weighted by Gasteiger charge is 2.20. The molecule has 1 N–H and O–H groups in total. The van der Waals surface area contributed by atoms with Crippen molar-refractivity contribution in [2.45, 2.75) is 19.4 Å². The van der Waals surface area contributed by atoms with Crippen LogP contribution in [0.5, 0.6) is 0 Å². The second-order valence-electron chi connectivity index (χ2n) is 4.14. The van der Waals surface area contributed by atoms with Gasteiger partial charge >= 0.3 is 11.7 Å². The Morgan fingerprint density at radius 2 is 2.30 bits per heavy atom. The molecule has 0 aliphatic rings. The molecule has 20 heavy (non-hydrogen) atoms. The van der Waals surface area contributed by atoms with Gasteiger partial charge in [-0.1, -0.05) is 0 Å². The zero-order valence-corrected chi connectivity index (χ0v) is 12.4. The van der Waals surface area contributed by atoms with Crippen LogP contribution < -0.4 is 5.32 Å². The van der Waals surface area contributed by atoms with Crippen LogP contribution in [0.4, 0.5) is 11.5 Å². The number of carbonyl (C=O) groups excluding carboxylic acids is 1. The van der Waals surface area contributed by atoms with Crippen molar-refractivity contribution < 1.29 is 14.5 Å². The molecule has 7 nitrogen and oxygen atoms in total. The summed E-state index contributed by atoms with van der Waals surface area (Å²) >= 11 is 1.69. The molecule has 0 fully saturated rings. The summed E-state index contributed by atoms with van der Waals surface area (Å²) in [5.74, 6) is 0.393. The monoisotopic (exact) mass is 299 g/mol. The van der Waals surface area contributed by atoms with Crippen LogP contribution in [0, 0.1) is 10.1 Å². The van der Waals surface area contributed by atoms with Gasteiger partial charge in [0.1, 0.15) is 0 Å². The van der Waals surface area contributed by atoms with Crippen molar-refractivity contribution in [3.63, 3.8) is 0 Å². The standard InChI is InChI=1S/C12H17N3O4S/c1-8(6-7-20-3)13-11-10(15(17)18)5-4-9(14-11)12(16)19-2/h4-5,8H,6-7H2,1-3H3,(H,13,14). The maximum Gasteiger partial charge on any atom is 0.356 e. The van der Waals surface area contributed by atoms with Crippen LogP contribution in [0.25, 0.3) is 0 Å². The summed E-state index contributed by atoms with van der Waals surface area (Å²) in [5, 5.41) is 13.9. The molecule has 1 rings (SSSR count). The molecule has 0 radical (unpaired) electrons. The number of nitrogens with zero attached hydrogens (tertiary/aromatic N) is 2. The number of methoxy groups -OCH3 is 1. The summed E-state index contributed by atoms with van der Waals surface area (Å²) in [6.07, 6.45) is 2.83. The van der Waals surface area contributed by atoms with Gasteiger partial charge in [0.2, 0.25) is 5.82 Å². The van der Waals surface area contributed by atoms with Gasteiger partial charge in [0.15, 0.2) is 5.69 Å². The number of hydrogen-bond donors (Lipinski definition) is 1. The zero-order valence-electron chi connectivity index (χ0n) is 11.6. The SMILES string of the molecule is COC(=O)c1ccc([N+](=O)[O-])c(NC(C)CCSC)n1. The smallest absolute Gasteiger partial charge is 0.356 e. The number of ether oxygens (including phenoxy) is 1. The highest BCUT2D eigenvalue weighted by Crippen LogP contribution is 2.23. The van der Waals surface area contributed by atoms with E-state index in [1.807, 2.05) is 13.2 Å².